The van der Waals surface area contributed by atoms with E-state index in [4.69, 9.17) is 11.5 Å². The van der Waals surface area contributed by atoms with Crippen molar-refractivity contribution in [1.82, 2.24) is 0 Å². The third kappa shape index (κ3) is 2.71. The van der Waals surface area contributed by atoms with Crippen LogP contribution in [0.15, 0.2) is 18.2 Å². The van der Waals surface area contributed by atoms with Crippen molar-refractivity contribution in [2.24, 2.45) is 5.73 Å². The molecular formula is C9H13BrN2O2. The molecule has 0 atom stereocenters. The summed E-state index contributed by atoms with van der Waals surface area (Å²) in [4.78, 5) is 11.3. The number of hydrogen-bond acceptors (Lipinski definition) is 4. The van der Waals surface area contributed by atoms with Crippen LogP contribution < -0.4 is 11.5 Å². The molecule has 4 nitrogen and oxygen atoms in total. The first-order valence-corrected chi connectivity index (χ1v) is 3.97. The maximum absolute atomic E-state index is 11.3. The molecule has 0 fully saturated rings. The minimum Gasteiger partial charge on any atom is -0.506 e. The van der Waals surface area contributed by atoms with Crippen molar-refractivity contribution >= 4 is 28.5 Å². The Morgan fingerprint density at radius 3 is 2.64 bits per heavy atom. The molecule has 0 saturated carbocycles. The van der Waals surface area contributed by atoms with Crippen LogP contribution >= 0.6 is 17.0 Å². The summed E-state index contributed by atoms with van der Waals surface area (Å²) in [6, 6.07) is 4.59. The molecule has 1 aromatic carbocycles. The lowest BCUT2D eigenvalue weighted by molar-refractivity contribution is 0.0986. The smallest absolute Gasteiger partial charge is 0.166 e. The molecule has 0 aromatic heterocycles. The summed E-state index contributed by atoms with van der Waals surface area (Å²) in [6.45, 7) is 0.286. The lowest BCUT2D eigenvalue weighted by Crippen LogP contribution is -2.10. The molecule has 0 aliphatic heterocycles. The summed E-state index contributed by atoms with van der Waals surface area (Å²) in [7, 11) is 0. The van der Waals surface area contributed by atoms with Gasteiger partial charge >= 0.3 is 0 Å². The van der Waals surface area contributed by atoms with Gasteiger partial charge in [-0.2, -0.15) is 0 Å². The predicted octanol–water partition coefficient (Wildman–Crippen LogP) is 1.08. The number of benzene rings is 1. The van der Waals surface area contributed by atoms with Crippen LogP contribution in [0, 0.1) is 0 Å². The van der Waals surface area contributed by atoms with Gasteiger partial charge < -0.3 is 16.6 Å². The van der Waals surface area contributed by atoms with Crippen LogP contribution in [0.3, 0.4) is 0 Å². The minimum atomic E-state index is -0.143. The van der Waals surface area contributed by atoms with Gasteiger partial charge in [0.15, 0.2) is 5.78 Å². The van der Waals surface area contributed by atoms with E-state index in [-0.39, 0.29) is 47.2 Å². The Hall–Kier alpha value is -1.07. The van der Waals surface area contributed by atoms with Crippen LogP contribution in [-0.2, 0) is 0 Å². The van der Waals surface area contributed by atoms with Crippen molar-refractivity contribution in [1.29, 1.82) is 0 Å². The Morgan fingerprint density at radius 2 is 2.07 bits per heavy atom. The van der Waals surface area contributed by atoms with Gasteiger partial charge in [-0.25, -0.2) is 0 Å². The highest BCUT2D eigenvalue weighted by Gasteiger charge is 2.10. The number of phenolic OH excluding ortho intramolecular Hbond substituents is 1. The maximum Gasteiger partial charge on any atom is 0.166 e. The Balaban J connectivity index is 0.00000169. The Morgan fingerprint density at radius 1 is 1.43 bits per heavy atom. The van der Waals surface area contributed by atoms with Gasteiger partial charge in [-0.1, -0.05) is 6.07 Å². The zero-order chi connectivity index (χ0) is 9.84. The average molecular weight is 261 g/mol. The fourth-order valence-corrected chi connectivity index (χ4v) is 1.06. The molecule has 0 amide bonds. The number of hydrogen-bond donors (Lipinski definition) is 3. The largest absolute Gasteiger partial charge is 0.506 e. The Kier molecular flexibility index (Phi) is 5.19. The lowest BCUT2D eigenvalue weighted by Gasteiger charge is -2.04. The molecule has 0 aliphatic carbocycles. The van der Waals surface area contributed by atoms with Crippen LogP contribution in [0.2, 0.25) is 0 Å². The van der Waals surface area contributed by atoms with Crippen LogP contribution in [-0.4, -0.2) is 17.4 Å². The van der Waals surface area contributed by atoms with Crippen LogP contribution in [0.5, 0.6) is 5.75 Å². The number of anilines is 1. The highest BCUT2D eigenvalue weighted by molar-refractivity contribution is 8.93. The number of nitrogen functional groups attached to an aromatic ring is 1. The number of carbonyl (C=O) groups is 1. The molecular weight excluding hydrogens is 248 g/mol. The normalized spacial score (nSPS) is 9.21. The molecule has 0 saturated heterocycles. The number of nitrogens with two attached hydrogens (primary N) is 2. The topological polar surface area (TPSA) is 89.3 Å². The molecule has 0 heterocycles. The first kappa shape index (κ1) is 12.9. The highest BCUT2D eigenvalue weighted by atomic mass is 79.9. The molecule has 78 valence electrons. The van der Waals surface area contributed by atoms with Crippen molar-refractivity contribution < 1.29 is 9.90 Å². The van der Waals surface area contributed by atoms with Crippen molar-refractivity contribution in [3.8, 4) is 5.75 Å². The zero-order valence-corrected chi connectivity index (χ0v) is 9.28. The second-order valence-corrected chi connectivity index (χ2v) is 2.70. The number of para-hydroxylation sites is 1. The van der Waals surface area contributed by atoms with Gasteiger partial charge in [-0.15, -0.1) is 17.0 Å². The van der Waals surface area contributed by atoms with Crippen LogP contribution in [0.25, 0.3) is 0 Å². The quantitative estimate of drug-likeness (QED) is 0.431. The molecule has 5 heteroatoms. The summed E-state index contributed by atoms with van der Waals surface area (Å²) in [6.07, 6.45) is 0.244. The first-order valence-electron chi connectivity index (χ1n) is 3.97. The Labute approximate surface area is 92.7 Å². The van der Waals surface area contributed by atoms with Crippen LogP contribution in [0.4, 0.5) is 5.69 Å². The fraction of sp³-hybridized carbons (Fsp3) is 0.222. The number of carbonyl (C=O) groups excluding carboxylic acids is 1. The van der Waals surface area contributed by atoms with Gasteiger partial charge in [0.25, 0.3) is 0 Å². The molecule has 1 aromatic rings. The van der Waals surface area contributed by atoms with E-state index < -0.39 is 0 Å². The van der Waals surface area contributed by atoms with Gasteiger partial charge in [-0.3, -0.25) is 4.79 Å². The van der Waals surface area contributed by atoms with E-state index in [0.29, 0.717) is 5.56 Å². The summed E-state index contributed by atoms with van der Waals surface area (Å²) < 4.78 is 0. The Bertz CT molecular complexity index is 329. The van der Waals surface area contributed by atoms with Gasteiger partial charge in [0.1, 0.15) is 5.75 Å². The van der Waals surface area contributed by atoms with E-state index >= 15 is 0 Å². The average Bonchev–Trinajstić information content (AvgIpc) is 2.10. The molecule has 0 spiro atoms. The van der Waals surface area contributed by atoms with Crippen molar-refractivity contribution in [2.75, 3.05) is 12.3 Å². The van der Waals surface area contributed by atoms with Crippen molar-refractivity contribution in [2.45, 2.75) is 6.42 Å². The van der Waals surface area contributed by atoms with Gasteiger partial charge in [0, 0.05) is 12.0 Å². The van der Waals surface area contributed by atoms with E-state index in [1.165, 1.54) is 6.07 Å². The standard InChI is InChI=1S/C9H12N2O2.BrH/c10-5-4-7(12)6-2-1-3-8(13)9(6)11;/h1-3,13H,4-5,10-11H2;1H. The van der Waals surface area contributed by atoms with E-state index in [9.17, 15) is 9.90 Å². The van der Waals surface area contributed by atoms with Gasteiger partial charge in [0.2, 0.25) is 0 Å². The van der Waals surface area contributed by atoms with E-state index in [2.05, 4.69) is 0 Å². The second-order valence-electron chi connectivity index (χ2n) is 2.70. The molecule has 5 N–H and O–H groups in total. The van der Waals surface area contributed by atoms with Crippen molar-refractivity contribution in [3.63, 3.8) is 0 Å². The summed E-state index contributed by atoms with van der Waals surface area (Å²) in [5, 5.41) is 9.21. The molecule has 0 radical (unpaired) electrons. The van der Waals surface area contributed by atoms with Crippen molar-refractivity contribution in [3.05, 3.63) is 23.8 Å². The molecule has 0 aliphatic rings. The number of Topliss-reactive ketones (excluding diaryl/α,β-unsaturated/α-hetero) is 1. The number of phenols is 1. The summed E-state index contributed by atoms with van der Waals surface area (Å²) in [5.74, 6) is -0.209. The number of aromatic hydroxyl groups is 1. The minimum absolute atomic E-state index is 0. The predicted molar refractivity (Wildman–Crippen MR) is 60.8 cm³/mol. The van der Waals surface area contributed by atoms with E-state index in [1.54, 1.807) is 12.1 Å². The SMILES string of the molecule is Br.NCCC(=O)c1cccc(O)c1N. The van der Waals surface area contributed by atoms with E-state index in [0.717, 1.165) is 0 Å². The van der Waals surface area contributed by atoms with E-state index in [1.807, 2.05) is 0 Å². The fourth-order valence-electron chi connectivity index (χ4n) is 1.06. The summed E-state index contributed by atoms with van der Waals surface area (Å²) >= 11 is 0. The van der Waals surface area contributed by atoms with Crippen LogP contribution in [0.1, 0.15) is 16.8 Å². The zero-order valence-electron chi connectivity index (χ0n) is 7.56. The number of halogens is 1. The highest BCUT2D eigenvalue weighted by Crippen LogP contribution is 2.24. The third-order valence-electron chi connectivity index (χ3n) is 1.75. The van der Waals surface area contributed by atoms with Gasteiger partial charge in [-0.05, 0) is 18.7 Å². The number of ketones is 1. The lowest BCUT2D eigenvalue weighted by atomic mass is 10.1. The first-order chi connectivity index (χ1) is 6.16. The number of rotatable bonds is 3. The summed E-state index contributed by atoms with van der Waals surface area (Å²) in [5.41, 5.74) is 11.2. The monoisotopic (exact) mass is 260 g/mol. The third-order valence-corrected chi connectivity index (χ3v) is 1.75. The molecule has 0 bridgehead atoms. The molecule has 14 heavy (non-hydrogen) atoms. The second kappa shape index (κ2) is 5.62. The molecule has 1 rings (SSSR count). The van der Waals surface area contributed by atoms with Gasteiger partial charge in [0.05, 0.1) is 5.69 Å². The molecule has 0 unspecified atom stereocenters. The maximum atomic E-state index is 11.3.